The molecule has 45 heavy (non-hydrogen) atoms. The van der Waals surface area contributed by atoms with Crippen LogP contribution >= 0.6 is 11.3 Å². The third kappa shape index (κ3) is 5.72. The van der Waals surface area contributed by atoms with E-state index in [1.165, 1.54) is 27.3 Å². The van der Waals surface area contributed by atoms with Crippen molar-refractivity contribution >= 4 is 44.0 Å². The first kappa shape index (κ1) is 28.3. The van der Waals surface area contributed by atoms with Gasteiger partial charge in [0.2, 0.25) is 0 Å². The Bertz CT molecular complexity index is 1940. The van der Waals surface area contributed by atoms with Gasteiger partial charge in [0.25, 0.3) is 0 Å². The summed E-state index contributed by atoms with van der Waals surface area (Å²) in [6.07, 6.45) is 7.73. The molecule has 0 amide bonds. The largest absolute Gasteiger partial charge is 0.383 e. The molecule has 1 saturated heterocycles. The summed E-state index contributed by atoms with van der Waals surface area (Å²) < 4.78 is 9.45. The van der Waals surface area contributed by atoms with Crippen molar-refractivity contribution in [3.8, 4) is 10.4 Å². The molecule has 1 aliphatic carbocycles. The number of methoxy groups -OCH3 is 1. The van der Waals surface area contributed by atoms with Crippen molar-refractivity contribution in [1.29, 1.82) is 0 Å². The zero-order valence-electron chi connectivity index (χ0n) is 25.5. The fourth-order valence-electron chi connectivity index (χ4n) is 6.62. The van der Waals surface area contributed by atoms with Crippen LogP contribution in [-0.4, -0.2) is 92.3 Å². The zero-order chi connectivity index (χ0) is 30.2. The summed E-state index contributed by atoms with van der Waals surface area (Å²) in [6.45, 7) is 8.90. The molecule has 0 unspecified atom stereocenters. The zero-order valence-corrected chi connectivity index (χ0v) is 26.3. The van der Waals surface area contributed by atoms with Crippen LogP contribution in [0.25, 0.3) is 31.6 Å². The van der Waals surface area contributed by atoms with Crippen LogP contribution < -0.4 is 5.32 Å². The highest BCUT2D eigenvalue weighted by Gasteiger charge is 2.27. The minimum atomic E-state index is 0.746. The SMILES string of the molecule is COCCN1CCN(CCn2cc3c(n2)CCc2c-3sc3ncnc(Nc4ccc5c(cnn5Cc5ccccc5)c4)c23)CC1. The maximum Gasteiger partial charge on any atom is 0.142 e. The van der Waals surface area contributed by atoms with E-state index in [9.17, 15) is 0 Å². The molecule has 11 heteroatoms. The Morgan fingerprint density at radius 3 is 2.62 bits per heavy atom. The third-order valence-electron chi connectivity index (χ3n) is 9.08. The van der Waals surface area contributed by atoms with Crippen molar-refractivity contribution in [3.05, 3.63) is 84.1 Å². The van der Waals surface area contributed by atoms with Gasteiger partial charge in [0.1, 0.15) is 17.0 Å². The highest BCUT2D eigenvalue weighted by molar-refractivity contribution is 7.22. The van der Waals surface area contributed by atoms with Gasteiger partial charge in [-0.25, -0.2) is 9.97 Å². The Kier molecular flexibility index (Phi) is 7.76. The highest BCUT2D eigenvalue weighted by Crippen LogP contribution is 2.45. The smallest absolute Gasteiger partial charge is 0.142 e. The van der Waals surface area contributed by atoms with Gasteiger partial charge in [-0.1, -0.05) is 30.3 Å². The number of nitrogens with zero attached hydrogens (tertiary/aromatic N) is 8. The first-order valence-electron chi connectivity index (χ1n) is 15.7. The lowest BCUT2D eigenvalue weighted by atomic mass is 9.95. The van der Waals surface area contributed by atoms with Crippen LogP contribution in [0.1, 0.15) is 16.8 Å². The molecule has 4 aromatic heterocycles. The number of aromatic nitrogens is 6. The van der Waals surface area contributed by atoms with E-state index in [0.717, 1.165) is 104 Å². The minimum absolute atomic E-state index is 0.746. The van der Waals surface area contributed by atoms with E-state index in [1.807, 2.05) is 12.3 Å². The van der Waals surface area contributed by atoms with Gasteiger partial charge in [-0.05, 0) is 42.2 Å². The average molecular weight is 620 g/mol. The van der Waals surface area contributed by atoms with Crippen molar-refractivity contribution in [1.82, 2.24) is 39.3 Å². The van der Waals surface area contributed by atoms with Crippen LogP contribution in [0.5, 0.6) is 0 Å². The Hall–Kier alpha value is -4.16. The quantitative estimate of drug-likeness (QED) is 0.228. The second-order valence-corrected chi connectivity index (χ2v) is 12.9. The molecule has 0 saturated carbocycles. The van der Waals surface area contributed by atoms with Crippen LogP contribution in [-0.2, 0) is 30.7 Å². The molecular formula is C34H37N9OS. The van der Waals surface area contributed by atoms with Gasteiger partial charge in [-0.15, -0.1) is 11.3 Å². The van der Waals surface area contributed by atoms with E-state index in [0.29, 0.717) is 0 Å². The van der Waals surface area contributed by atoms with Crippen LogP contribution in [0.15, 0.2) is 67.3 Å². The van der Waals surface area contributed by atoms with E-state index in [2.05, 4.69) is 78.2 Å². The van der Waals surface area contributed by atoms with Crippen LogP contribution in [0.2, 0.25) is 0 Å². The molecule has 230 valence electrons. The topological polar surface area (TPSA) is 89.2 Å². The van der Waals surface area contributed by atoms with Gasteiger partial charge in [0, 0.05) is 74.1 Å². The predicted octanol–water partition coefficient (Wildman–Crippen LogP) is 5.06. The number of hydrogen-bond donors (Lipinski definition) is 1. The molecule has 0 atom stereocenters. The van der Waals surface area contributed by atoms with Crippen molar-refractivity contribution in [2.45, 2.75) is 25.9 Å². The molecule has 1 aliphatic heterocycles. The fraction of sp³-hybridized carbons (Fsp3) is 0.353. The third-order valence-corrected chi connectivity index (χ3v) is 10.3. The van der Waals surface area contributed by atoms with E-state index < -0.39 is 0 Å². The maximum atomic E-state index is 5.24. The molecule has 10 nitrogen and oxygen atoms in total. The fourth-order valence-corrected chi connectivity index (χ4v) is 7.84. The molecule has 0 bridgehead atoms. The van der Waals surface area contributed by atoms with Crippen molar-refractivity contribution in [3.63, 3.8) is 0 Å². The number of benzene rings is 2. The van der Waals surface area contributed by atoms with Gasteiger partial charge in [0.15, 0.2) is 0 Å². The number of thiophene rings is 1. The summed E-state index contributed by atoms with van der Waals surface area (Å²) in [5.41, 5.74) is 7.11. The number of anilines is 2. The number of rotatable bonds is 10. The van der Waals surface area contributed by atoms with Gasteiger partial charge < -0.3 is 10.1 Å². The van der Waals surface area contributed by atoms with Gasteiger partial charge in [-0.3, -0.25) is 19.2 Å². The average Bonchev–Trinajstić information content (AvgIpc) is 3.79. The second kappa shape index (κ2) is 12.3. The van der Waals surface area contributed by atoms with Gasteiger partial charge in [-0.2, -0.15) is 10.2 Å². The summed E-state index contributed by atoms with van der Waals surface area (Å²) in [4.78, 5) is 16.7. The lowest BCUT2D eigenvalue weighted by molar-refractivity contribution is 0.0948. The molecular weight excluding hydrogens is 583 g/mol. The van der Waals surface area contributed by atoms with Crippen molar-refractivity contribution in [2.24, 2.45) is 0 Å². The summed E-state index contributed by atoms with van der Waals surface area (Å²) in [7, 11) is 1.77. The van der Waals surface area contributed by atoms with E-state index in [1.54, 1.807) is 24.8 Å². The van der Waals surface area contributed by atoms with Crippen molar-refractivity contribution < 1.29 is 4.74 Å². The number of fused-ring (bicyclic) bond motifs is 6. The molecule has 1 N–H and O–H groups in total. The predicted molar refractivity (Wildman–Crippen MR) is 179 cm³/mol. The first-order valence-corrected chi connectivity index (χ1v) is 16.6. The molecule has 5 heterocycles. The number of hydrogen-bond acceptors (Lipinski definition) is 9. The lowest BCUT2D eigenvalue weighted by Gasteiger charge is -2.34. The van der Waals surface area contributed by atoms with Crippen molar-refractivity contribution in [2.75, 3.05) is 58.3 Å². The summed E-state index contributed by atoms with van der Waals surface area (Å²) in [5, 5.41) is 15.5. The van der Waals surface area contributed by atoms with E-state index in [4.69, 9.17) is 19.8 Å². The molecule has 1 fully saturated rings. The molecule has 2 aromatic carbocycles. The normalized spacial score (nSPS) is 15.5. The standard InChI is InChI=1S/C34H37N9OS/c1-44-18-17-41-13-11-40(12-14-41)15-16-42-22-28-29(39-42)9-8-27-31-33(35-23-36-34(31)45-32(27)28)38-26-7-10-30-25(19-26)20-37-43(30)21-24-5-3-2-4-6-24/h2-7,10,19-20,22-23H,8-9,11-18,21H2,1H3,(H,35,36,38). The number of ether oxygens (including phenoxy) is 1. The maximum absolute atomic E-state index is 5.24. The lowest BCUT2D eigenvalue weighted by Crippen LogP contribution is -2.47. The Morgan fingerprint density at radius 2 is 1.78 bits per heavy atom. The molecule has 0 radical (unpaired) electrons. The summed E-state index contributed by atoms with van der Waals surface area (Å²) >= 11 is 1.76. The summed E-state index contributed by atoms with van der Waals surface area (Å²) in [6, 6.07) is 16.8. The number of piperazine rings is 1. The first-order chi connectivity index (χ1) is 22.2. The summed E-state index contributed by atoms with van der Waals surface area (Å²) in [5.74, 6) is 0.856. The van der Waals surface area contributed by atoms with Crippen LogP contribution in [0, 0.1) is 0 Å². The highest BCUT2D eigenvalue weighted by atomic mass is 32.1. The van der Waals surface area contributed by atoms with Gasteiger partial charge in [0.05, 0.1) is 42.5 Å². The minimum Gasteiger partial charge on any atom is -0.383 e. The molecule has 2 aliphatic rings. The Morgan fingerprint density at radius 1 is 0.933 bits per heavy atom. The second-order valence-electron chi connectivity index (χ2n) is 11.9. The Balaban J connectivity index is 0.992. The number of nitrogens with one attached hydrogen (secondary N) is 1. The Labute approximate surface area is 266 Å². The monoisotopic (exact) mass is 619 g/mol. The van der Waals surface area contributed by atoms with Gasteiger partial charge >= 0.3 is 0 Å². The number of aryl methyl sites for hydroxylation is 2. The van der Waals surface area contributed by atoms with E-state index in [-0.39, 0.29) is 0 Å². The molecule has 6 aromatic rings. The molecule has 0 spiro atoms. The van der Waals surface area contributed by atoms with E-state index >= 15 is 0 Å². The molecule has 8 rings (SSSR count). The van der Waals surface area contributed by atoms with Crippen LogP contribution in [0.4, 0.5) is 11.5 Å². The van der Waals surface area contributed by atoms with Crippen LogP contribution in [0.3, 0.4) is 0 Å².